The van der Waals surface area contributed by atoms with Gasteiger partial charge in [-0.25, -0.2) is 0 Å². The van der Waals surface area contributed by atoms with E-state index in [-0.39, 0.29) is 0 Å². The Morgan fingerprint density at radius 1 is 1.23 bits per heavy atom. The highest BCUT2D eigenvalue weighted by atomic mass is 31.0. The van der Waals surface area contributed by atoms with Crippen molar-refractivity contribution in [2.45, 2.75) is 40.0 Å². The van der Waals surface area contributed by atoms with E-state index in [0.29, 0.717) is 0 Å². The first kappa shape index (κ1) is 15.6. The molecule has 0 aromatic carbocycles. The maximum Gasteiger partial charge on any atom is 0.0135 e. The molecule has 0 aromatic heterocycles. The molecule has 0 aliphatic carbocycles. The Balaban J connectivity index is 0. The maximum atomic E-state index is 3.20. The Labute approximate surface area is 86.6 Å². The van der Waals surface area contributed by atoms with Gasteiger partial charge in [0.25, 0.3) is 0 Å². The normalized spacial score (nSPS) is 13.5. The minimum Gasteiger partial charge on any atom is -0.313 e. The molecule has 0 amide bonds. The van der Waals surface area contributed by atoms with Gasteiger partial charge in [0.2, 0.25) is 0 Å². The third-order valence-corrected chi connectivity index (χ3v) is 1.78. The zero-order valence-corrected chi connectivity index (χ0v) is 10.6. The van der Waals surface area contributed by atoms with E-state index in [9.17, 15) is 0 Å². The predicted molar refractivity (Wildman–Crippen MR) is 67.5 cm³/mol. The molecule has 0 saturated carbocycles. The summed E-state index contributed by atoms with van der Waals surface area (Å²) in [6, 6.07) is 0. The maximum absolute atomic E-state index is 3.20. The monoisotopic (exact) mass is 203 g/mol. The summed E-state index contributed by atoms with van der Waals surface area (Å²) < 4.78 is 0. The van der Waals surface area contributed by atoms with Crippen molar-refractivity contribution in [3.63, 3.8) is 0 Å². The highest BCUT2D eigenvalue weighted by Gasteiger charge is 1.84. The molecule has 0 fully saturated rings. The number of nitrogens with one attached hydrogen (secondary N) is 1. The lowest BCUT2D eigenvalue weighted by atomic mass is 10.3. The molecule has 1 aliphatic heterocycles. The van der Waals surface area contributed by atoms with E-state index in [2.05, 4.69) is 47.5 Å². The molecule has 13 heavy (non-hydrogen) atoms. The molecule has 0 bridgehead atoms. The summed E-state index contributed by atoms with van der Waals surface area (Å²) >= 11 is 0. The van der Waals surface area contributed by atoms with Gasteiger partial charge in [0.15, 0.2) is 0 Å². The molecule has 1 heterocycles. The van der Waals surface area contributed by atoms with Gasteiger partial charge in [-0.1, -0.05) is 45.8 Å². The zero-order valence-electron chi connectivity index (χ0n) is 9.47. The summed E-state index contributed by atoms with van der Waals surface area (Å²) in [7, 11) is 2.66. The van der Waals surface area contributed by atoms with Crippen molar-refractivity contribution in [3.8, 4) is 0 Å². The Morgan fingerprint density at radius 2 is 1.77 bits per heavy atom. The fraction of sp³-hybridized carbons (Fsp3) is 0.818. The predicted octanol–water partition coefficient (Wildman–Crippen LogP) is 3.22. The van der Waals surface area contributed by atoms with Crippen LogP contribution >= 0.6 is 9.24 Å². The van der Waals surface area contributed by atoms with Gasteiger partial charge in [0.05, 0.1) is 0 Å². The lowest BCUT2D eigenvalue weighted by molar-refractivity contribution is 0.728. The van der Waals surface area contributed by atoms with E-state index < -0.39 is 0 Å². The van der Waals surface area contributed by atoms with E-state index in [1.807, 2.05) is 0 Å². The van der Waals surface area contributed by atoms with Gasteiger partial charge in [0, 0.05) is 6.54 Å². The highest BCUT2D eigenvalue weighted by Crippen LogP contribution is 1.84. The smallest absolute Gasteiger partial charge is 0.0135 e. The summed E-state index contributed by atoms with van der Waals surface area (Å²) in [5, 5.41) is 3.20. The van der Waals surface area contributed by atoms with Gasteiger partial charge in [-0.15, -0.1) is 9.24 Å². The van der Waals surface area contributed by atoms with Crippen molar-refractivity contribution in [1.29, 1.82) is 0 Å². The first-order valence-corrected chi connectivity index (χ1v) is 6.20. The van der Waals surface area contributed by atoms with Crippen LogP contribution in [0.3, 0.4) is 0 Å². The lowest BCUT2D eigenvalue weighted by Crippen LogP contribution is -2.17. The summed E-state index contributed by atoms with van der Waals surface area (Å²) in [5.74, 6) is 0. The second kappa shape index (κ2) is 18.0. The van der Waals surface area contributed by atoms with Crippen LogP contribution in [0, 0.1) is 0 Å². The fourth-order valence-electron chi connectivity index (χ4n) is 0.572. The third-order valence-electron chi connectivity index (χ3n) is 1.21. The Bertz CT molecular complexity index is 82.1. The van der Waals surface area contributed by atoms with E-state index >= 15 is 0 Å². The SMILES string of the molecule is C1=CCNCC1.CCC.CCCP. The summed E-state index contributed by atoms with van der Waals surface area (Å²) in [6.45, 7) is 8.64. The number of hydrogen-bond acceptors (Lipinski definition) is 1. The van der Waals surface area contributed by atoms with Gasteiger partial charge in [-0.05, 0) is 19.1 Å². The van der Waals surface area contributed by atoms with Crippen molar-refractivity contribution in [3.05, 3.63) is 12.2 Å². The second-order valence-corrected chi connectivity index (χ2v) is 3.54. The molecule has 1 N–H and O–H groups in total. The Morgan fingerprint density at radius 3 is 1.85 bits per heavy atom. The molecular weight excluding hydrogens is 177 g/mol. The van der Waals surface area contributed by atoms with Gasteiger partial charge < -0.3 is 5.32 Å². The molecule has 1 rings (SSSR count). The van der Waals surface area contributed by atoms with Gasteiger partial charge in [-0.2, -0.15) is 0 Å². The van der Waals surface area contributed by atoms with E-state index in [1.165, 1.54) is 25.4 Å². The Kier molecular flexibility index (Phi) is 21.6. The van der Waals surface area contributed by atoms with Gasteiger partial charge in [0.1, 0.15) is 0 Å². The van der Waals surface area contributed by atoms with E-state index in [4.69, 9.17) is 0 Å². The summed E-state index contributed by atoms with van der Waals surface area (Å²) in [4.78, 5) is 0. The van der Waals surface area contributed by atoms with Crippen molar-refractivity contribution in [1.82, 2.24) is 5.32 Å². The van der Waals surface area contributed by atoms with Crippen molar-refractivity contribution in [2.24, 2.45) is 0 Å². The van der Waals surface area contributed by atoms with Crippen LogP contribution in [-0.2, 0) is 0 Å². The second-order valence-electron chi connectivity index (χ2n) is 2.96. The summed E-state index contributed by atoms with van der Waals surface area (Å²) in [6.07, 6.45) is 9.34. The number of hydrogen-bond donors (Lipinski definition) is 1. The van der Waals surface area contributed by atoms with Crippen molar-refractivity contribution >= 4 is 9.24 Å². The van der Waals surface area contributed by atoms with Crippen LogP contribution in [0.4, 0.5) is 0 Å². The average molecular weight is 203 g/mol. The molecule has 0 saturated heterocycles. The standard InChI is InChI=1S/C5H9N.C3H9P.C3H8/c1-2-4-6-5-3-1;1-2-3-4;1-3-2/h1-2,6H,3-5H2;2-4H2,1H3;3H2,1-2H3. The van der Waals surface area contributed by atoms with Gasteiger partial charge >= 0.3 is 0 Å². The molecule has 1 aliphatic rings. The van der Waals surface area contributed by atoms with E-state index in [1.54, 1.807) is 0 Å². The van der Waals surface area contributed by atoms with Crippen LogP contribution in [0.25, 0.3) is 0 Å². The van der Waals surface area contributed by atoms with Crippen LogP contribution in [0.5, 0.6) is 0 Å². The fourth-order valence-corrected chi connectivity index (χ4v) is 0.572. The first-order valence-electron chi connectivity index (χ1n) is 5.39. The molecule has 1 nitrogen and oxygen atoms in total. The van der Waals surface area contributed by atoms with E-state index in [0.717, 1.165) is 13.1 Å². The van der Waals surface area contributed by atoms with Crippen LogP contribution in [0.2, 0.25) is 0 Å². The molecule has 0 aromatic rings. The van der Waals surface area contributed by atoms with Crippen molar-refractivity contribution < 1.29 is 0 Å². The van der Waals surface area contributed by atoms with Crippen LogP contribution in [-0.4, -0.2) is 19.3 Å². The molecule has 0 spiro atoms. The first-order chi connectivity index (χ1) is 6.33. The molecule has 1 unspecified atom stereocenters. The average Bonchev–Trinajstić information content (AvgIpc) is 2.22. The van der Waals surface area contributed by atoms with Crippen LogP contribution in [0.15, 0.2) is 12.2 Å². The minimum atomic E-state index is 1.07. The number of rotatable bonds is 1. The van der Waals surface area contributed by atoms with Crippen LogP contribution < -0.4 is 5.32 Å². The van der Waals surface area contributed by atoms with Gasteiger partial charge in [-0.3, -0.25) is 0 Å². The summed E-state index contributed by atoms with van der Waals surface area (Å²) in [5.41, 5.74) is 0. The zero-order chi connectivity index (χ0) is 10.4. The Hall–Kier alpha value is 0.130. The quantitative estimate of drug-likeness (QED) is 0.509. The topological polar surface area (TPSA) is 12.0 Å². The molecular formula is C11H26NP. The van der Waals surface area contributed by atoms with Crippen molar-refractivity contribution in [2.75, 3.05) is 19.3 Å². The molecule has 0 radical (unpaired) electrons. The lowest BCUT2D eigenvalue weighted by Gasteiger charge is -2.01. The largest absolute Gasteiger partial charge is 0.313 e. The molecule has 1 atom stereocenters. The third kappa shape index (κ3) is 24.5. The highest BCUT2D eigenvalue weighted by molar-refractivity contribution is 7.16. The molecule has 80 valence electrons. The molecule has 2 heteroatoms. The minimum absolute atomic E-state index is 1.07. The van der Waals surface area contributed by atoms with Crippen LogP contribution in [0.1, 0.15) is 40.0 Å².